The average Bonchev–Trinajstić information content (AvgIpc) is 2.94. The van der Waals surface area contributed by atoms with Crippen LogP contribution in [0.2, 0.25) is 0 Å². The second-order valence-electron chi connectivity index (χ2n) is 4.73. The molecule has 124 valence electrons. The Morgan fingerprint density at radius 3 is 2.96 bits per heavy atom. The van der Waals surface area contributed by atoms with Crippen molar-refractivity contribution in [2.75, 3.05) is 19.7 Å². The van der Waals surface area contributed by atoms with Gasteiger partial charge in [0.1, 0.15) is 36.9 Å². The largest absolute Gasteiger partial charge is 0.492 e. The summed E-state index contributed by atoms with van der Waals surface area (Å²) in [5, 5.41) is 10.3. The number of benzene rings is 1. The Kier molecular flexibility index (Phi) is 6.34. The number of aryl methyl sites for hydroxylation is 1. The van der Waals surface area contributed by atoms with Crippen LogP contribution in [-0.2, 0) is 13.6 Å². The second-order valence-corrected chi connectivity index (χ2v) is 4.73. The Labute approximate surface area is 134 Å². The van der Waals surface area contributed by atoms with Gasteiger partial charge < -0.3 is 15.4 Å². The van der Waals surface area contributed by atoms with Crippen LogP contribution in [0.5, 0.6) is 5.75 Å². The molecule has 7 nitrogen and oxygen atoms in total. The lowest BCUT2D eigenvalue weighted by Gasteiger charge is -2.12. The van der Waals surface area contributed by atoms with E-state index >= 15 is 0 Å². The molecule has 0 aliphatic heterocycles. The van der Waals surface area contributed by atoms with Gasteiger partial charge in [0.15, 0.2) is 5.96 Å². The predicted molar refractivity (Wildman–Crippen MR) is 85.7 cm³/mol. The van der Waals surface area contributed by atoms with Crippen LogP contribution in [0.25, 0.3) is 0 Å². The first-order valence-electron chi connectivity index (χ1n) is 7.42. The number of nitrogens with zero attached hydrogens (tertiary/aromatic N) is 4. The van der Waals surface area contributed by atoms with Crippen molar-refractivity contribution in [2.24, 2.45) is 12.0 Å². The van der Waals surface area contributed by atoms with E-state index < -0.39 is 0 Å². The minimum Gasteiger partial charge on any atom is -0.492 e. The molecule has 0 bridgehead atoms. The van der Waals surface area contributed by atoms with E-state index in [-0.39, 0.29) is 5.82 Å². The lowest BCUT2D eigenvalue weighted by Crippen LogP contribution is -2.39. The van der Waals surface area contributed by atoms with Gasteiger partial charge >= 0.3 is 0 Å². The van der Waals surface area contributed by atoms with Crippen molar-refractivity contribution in [1.29, 1.82) is 0 Å². The molecule has 0 spiro atoms. The predicted octanol–water partition coefficient (Wildman–Crippen LogP) is 1.09. The Bertz CT molecular complexity index is 642. The van der Waals surface area contributed by atoms with Gasteiger partial charge in [-0.25, -0.2) is 14.4 Å². The van der Waals surface area contributed by atoms with Gasteiger partial charge in [0.05, 0.1) is 6.54 Å². The highest BCUT2D eigenvalue weighted by atomic mass is 19.1. The summed E-state index contributed by atoms with van der Waals surface area (Å²) in [4.78, 5) is 8.55. The van der Waals surface area contributed by atoms with Gasteiger partial charge in [-0.3, -0.25) is 4.68 Å². The number of aromatic nitrogens is 3. The molecule has 0 fully saturated rings. The first-order valence-corrected chi connectivity index (χ1v) is 7.42. The Hall–Kier alpha value is -2.64. The zero-order valence-electron chi connectivity index (χ0n) is 13.3. The van der Waals surface area contributed by atoms with E-state index in [4.69, 9.17) is 4.74 Å². The van der Waals surface area contributed by atoms with Crippen molar-refractivity contribution in [3.63, 3.8) is 0 Å². The fourth-order valence-electron chi connectivity index (χ4n) is 1.85. The van der Waals surface area contributed by atoms with E-state index in [9.17, 15) is 4.39 Å². The molecule has 8 heteroatoms. The van der Waals surface area contributed by atoms with E-state index in [0.29, 0.717) is 31.4 Å². The van der Waals surface area contributed by atoms with Crippen molar-refractivity contribution >= 4 is 5.96 Å². The molecule has 0 unspecified atom stereocenters. The number of nitrogens with one attached hydrogen (secondary N) is 2. The standard InChI is InChI=1S/C15H21FN6O/c1-3-17-15(19-10-14-20-11-21-22(14)2)18-7-8-23-13-6-4-5-12(16)9-13/h4-6,9,11H,3,7-8,10H2,1-2H3,(H2,17,18,19). The van der Waals surface area contributed by atoms with Crippen molar-refractivity contribution < 1.29 is 9.13 Å². The monoisotopic (exact) mass is 320 g/mol. The van der Waals surface area contributed by atoms with Gasteiger partial charge in [-0.15, -0.1) is 0 Å². The van der Waals surface area contributed by atoms with E-state index in [1.165, 1.54) is 18.5 Å². The molecule has 1 heterocycles. The van der Waals surface area contributed by atoms with Crippen LogP contribution in [0, 0.1) is 5.82 Å². The minimum atomic E-state index is -0.311. The van der Waals surface area contributed by atoms with Crippen LogP contribution in [0.15, 0.2) is 35.6 Å². The highest BCUT2D eigenvalue weighted by Gasteiger charge is 2.02. The molecular weight excluding hydrogens is 299 g/mol. The molecule has 0 radical (unpaired) electrons. The van der Waals surface area contributed by atoms with Gasteiger partial charge in [0.25, 0.3) is 0 Å². The highest BCUT2D eigenvalue weighted by Crippen LogP contribution is 2.11. The Balaban J connectivity index is 1.79. The fourth-order valence-corrected chi connectivity index (χ4v) is 1.85. The maximum atomic E-state index is 13.0. The molecule has 1 aromatic carbocycles. The number of rotatable bonds is 7. The molecule has 0 saturated carbocycles. The molecule has 23 heavy (non-hydrogen) atoms. The Morgan fingerprint density at radius 1 is 1.39 bits per heavy atom. The topological polar surface area (TPSA) is 76.4 Å². The normalized spacial score (nSPS) is 11.3. The van der Waals surface area contributed by atoms with Crippen LogP contribution in [0.3, 0.4) is 0 Å². The summed E-state index contributed by atoms with van der Waals surface area (Å²) < 4.78 is 20.2. The minimum absolute atomic E-state index is 0.311. The molecule has 2 N–H and O–H groups in total. The Morgan fingerprint density at radius 2 is 2.26 bits per heavy atom. The van der Waals surface area contributed by atoms with E-state index in [0.717, 1.165) is 12.4 Å². The number of ether oxygens (including phenoxy) is 1. The molecular formula is C15H21FN6O. The van der Waals surface area contributed by atoms with E-state index in [1.54, 1.807) is 16.8 Å². The lowest BCUT2D eigenvalue weighted by atomic mass is 10.3. The zero-order chi connectivity index (χ0) is 16.5. The van der Waals surface area contributed by atoms with E-state index in [2.05, 4.69) is 25.7 Å². The molecule has 0 aliphatic carbocycles. The molecule has 0 amide bonds. The smallest absolute Gasteiger partial charge is 0.191 e. The van der Waals surface area contributed by atoms with Crippen molar-refractivity contribution in [3.8, 4) is 5.75 Å². The first kappa shape index (κ1) is 16.7. The first-order chi connectivity index (χ1) is 11.2. The second kappa shape index (κ2) is 8.72. The third-order valence-corrected chi connectivity index (χ3v) is 2.99. The summed E-state index contributed by atoms with van der Waals surface area (Å²) in [5.41, 5.74) is 0. The number of guanidine groups is 1. The van der Waals surface area contributed by atoms with Crippen LogP contribution < -0.4 is 15.4 Å². The molecule has 0 aliphatic rings. The highest BCUT2D eigenvalue weighted by molar-refractivity contribution is 5.79. The molecule has 2 rings (SSSR count). The number of halogens is 1. The molecule has 1 aromatic heterocycles. The number of aliphatic imine (C=N–C) groups is 1. The summed E-state index contributed by atoms with van der Waals surface area (Å²) in [6.07, 6.45) is 1.50. The maximum absolute atomic E-state index is 13.0. The van der Waals surface area contributed by atoms with Crippen LogP contribution in [-0.4, -0.2) is 40.4 Å². The van der Waals surface area contributed by atoms with Gasteiger partial charge in [-0.05, 0) is 19.1 Å². The quantitative estimate of drug-likeness (QED) is 0.454. The summed E-state index contributed by atoms with van der Waals surface area (Å²) in [5.74, 6) is 1.64. The van der Waals surface area contributed by atoms with Crippen LogP contribution in [0.1, 0.15) is 12.7 Å². The van der Waals surface area contributed by atoms with Crippen molar-refractivity contribution in [2.45, 2.75) is 13.5 Å². The van der Waals surface area contributed by atoms with E-state index in [1.807, 2.05) is 14.0 Å². The van der Waals surface area contributed by atoms with Crippen LogP contribution >= 0.6 is 0 Å². The van der Waals surface area contributed by atoms with Gasteiger partial charge in [0, 0.05) is 19.7 Å². The van der Waals surface area contributed by atoms with Gasteiger partial charge in [-0.2, -0.15) is 5.10 Å². The fraction of sp³-hybridized carbons (Fsp3) is 0.400. The SMILES string of the molecule is CCNC(=NCc1ncnn1C)NCCOc1cccc(F)c1. The van der Waals surface area contributed by atoms with Gasteiger partial charge in [-0.1, -0.05) is 6.07 Å². The zero-order valence-corrected chi connectivity index (χ0v) is 13.3. The van der Waals surface area contributed by atoms with Gasteiger partial charge in [0.2, 0.25) is 0 Å². The molecule has 0 saturated heterocycles. The lowest BCUT2D eigenvalue weighted by molar-refractivity contribution is 0.320. The molecule has 2 aromatic rings. The van der Waals surface area contributed by atoms with Crippen molar-refractivity contribution in [1.82, 2.24) is 25.4 Å². The average molecular weight is 320 g/mol. The number of hydrogen-bond donors (Lipinski definition) is 2. The summed E-state index contributed by atoms with van der Waals surface area (Å²) >= 11 is 0. The summed E-state index contributed by atoms with van der Waals surface area (Å²) in [7, 11) is 1.82. The maximum Gasteiger partial charge on any atom is 0.191 e. The van der Waals surface area contributed by atoms with Crippen LogP contribution in [0.4, 0.5) is 4.39 Å². The summed E-state index contributed by atoms with van der Waals surface area (Å²) in [6, 6.07) is 6.07. The number of hydrogen-bond acceptors (Lipinski definition) is 4. The third kappa shape index (κ3) is 5.57. The third-order valence-electron chi connectivity index (χ3n) is 2.99. The summed E-state index contributed by atoms with van der Waals surface area (Å²) in [6.45, 7) is 4.10. The van der Waals surface area contributed by atoms with Crippen molar-refractivity contribution in [3.05, 3.63) is 42.2 Å². The molecule has 0 atom stereocenters.